The number of ketones is 1. The molecule has 1 aromatic carbocycles. The lowest BCUT2D eigenvalue weighted by Gasteiger charge is -2.44. The Hall–Kier alpha value is -1.43. The van der Waals surface area contributed by atoms with Gasteiger partial charge < -0.3 is 4.74 Å². The van der Waals surface area contributed by atoms with Crippen LogP contribution in [0.1, 0.15) is 26.7 Å². The van der Waals surface area contributed by atoms with Crippen LogP contribution in [0, 0.1) is 15.5 Å². The molecule has 0 saturated heterocycles. The van der Waals surface area contributed by atoms with E-state index in [1.165, 1.54) is 6.07 Å². The summed E-state index contributed by atoms with van der Waals surface area (Å²) in [5.41, 5.74) is -0.617. The molecule has 6 heteroatoms. The van der Waals surface area contributed by atoms with Gasteiger partial charge in [-0.3, -0.25) is 14.9 Å². The van der Waals surface area contributed by atoms with Gasteiger partial charge in [0, 0.05) is 17.0 Å². The molecule has 19 heavy (non-hydrogen) atoms. The van der Waals surface area contributed by atoms with Gasteiger partial charge in [-0.15, -0.1) is 0 Å². The van der Waals surface area contributed by atoms with Crippen molar-refractivity contribution in [1.29, 1.82) is 0 Å². The van der Waals surface area contributed by atoms with E-state index >= 15 is 0 Å². The summed E-state index contributed by atoms with van der Waals surface area (Å²) >= 11 is 3.19. The molecule has 2 unspecified atom stereocenters. The Morgan fingerprint density at radius 1 is 1.58 bits per heavy atom. The molecule has 0 N–H and O–H groups in total. The molecule has 5 nitrogen and oxygen atoms in total. The number of carbonyl (C=O) groups is 1. The van der Waals surface area contributed by atoms with Gasteiger partial charge in [-0.2, -0.15) is 0 Å². The number of benzene rings is 1. The van der Waals surface area contributed by atoms with Crippen LogP contribution >= 0.6 is 15.9 Å². The van der Waals surface area contributed by atoms with E-state index in [-0.39, 0.29) is 23.3 Å². The number of hydrogen-bond donors (Lipinski definition) is 0. The van der Waals surface area contributed by atoms with Crippen LogP contribution in [0.2, 0.25) is 0 Å². The molecule has 1 aromatic rings. The molecule has 0 bridgehead atoms. The third kappa shape index (κ3) is 2.36. The summed E-state index contributed by atoms with van der Waals surface area (Å²) in [5.74, 6) is 0.366. The van der Waals surface area contributed by atoms with Crippen LogP contribution in [0.3, 0.4) is 0 Å². The van der Waals surface area contributed by atoms with Gasteiger partial charge in [0.25, 0.3) is 0 Å². The van der Waals surface area contributed by atoms with E-state index in [2.05, 4.69) is 15.9 Å². The molecular formula is C13H14BrNO4. The summed E-state index contributed by atoms with van der Waals surface area (Å²) in [6.45, 7) is 3.76. The third-order valence-electron chi connectivity index (χ3n) is 3.84. The van der Waals surface area contributed by atoms with Gasteiger partial charge in [0.1, 0.15) is 11.9 Å². The number of nitro benzene ring substituents is 1. The Kier molecular flexibility index (Phi) is 3.62. The number of rotatable bonds is 4. The van der Waals surface area contributed by atoms with Crippen molar-refractivity contribution >= 4 is 27.4 Å². The summed E-state index contributed by atoms with van der Waals surface area (Å²) in [7, 11) is 0. The topological polar surface area (TPSA) is 69.4 Å². The number of carbonyl (C=O) groups excluding carboxylic acids is 1. The summed E-state index contributed by atoms with van der Waals surface area (Å²) in [4.78, 5) is 22.1. The normalized spacial score (nSPS) is 25.8. The highest BCUT2D eigenvalue weighted by molar-refractivity contribution is 9.10. The van der Waals surface area contributed by atoms with E-state index in [1.807, 2.05) is 13.8 Å². The van der Waals surface area contributed by atoms with Gasteiger partial charge in [-0.05, 0) is 25.5 Å². The number of ether oxygens (including phenoxy) is 1. The molecule has 0 heterocycles. The van der Waals surface area contributed by atoms with E-state index in [4.69, 9.17) is 4.74 Å². The van der Waals surface area contributed by atoms with Crippen molar-refractivity contribution in [3.8, 4) is 5.75 Å². The Balaban J connectivity index is 2.25. The fourth-order valence-electron chi connectivity index (χ4n) is 2.16. The molecule has 0 aliphatic heterocycles. The van der Waals surface area contributed by atoms with Crippen molar-refractivity contribution in [3.63, 3.8) is 0 Å². The van der Waals surface area contributed by atoms with Gasteiger partial charge in [0.15, 0.2) is 5.75 Å². The van der Waals surface area contributed by atoms with E-state index in [9.17, 15) is 14.9 Å². The Labute approximate surface area is 119 Å². The molecule has 0 spiro atoms. The van der Waals surface area contributed by atoms with Gasteiger partial charge in [0.2, 0.25) is 0 Å². The minimum absolute atomic E-state index is 0.0906. The SMILES string of the molecule is CCC1(C)C(=O)CC1Oc1ccc(Br)cc1[N+](=O)[O-]. The first-order valence-electron chi connectivity index (χ1n) is 6.02. The van der Waals surface area contributed by atoms with E-state index in [1.54, 1.807) is 12.1 Å². The second-order valence-electron chi connectivity index (χ2n) is 4.87. The molecule has 2 atom stereocenters. The number of nitrogens with zero attached hydrogens (tertiary/aromatic N) is 1. The molecule has 0 aromatic heterocycles. The highest BCUT2D eigenvalue weighted by atomic mass is 79.9. The number of hydrogen-bond acceptors (Lipinski definition) is 4. The van der Waals surface area contributed by atoms with Gasteiger partial charge in [0.05, 0.1) is 10.3 Å². The Bertz CT molecular complexity index is 545. The van der Waals surface area contributed by atoms with Crippen molar-refractivity contribution < 1.29 is 14.5 Å². The second kappa shape index (κ2) is 4.92. The minimum atomic E-state index is -0.527. The van der Waals surface area contributed by atoms with E-state index in [0.717, 1.165) is 0 Å². The van der Waals surface area contributed by atoms with Crippen LogP contribution in [0.25, 0.3) is 0 Å². The highest BCUT2D eigenvalue weighted by Gasteiger charge is 2.52. The predicted molar refractivity (Wildman–Crippen MR) is 73.2 cm³/mol. The standard InChI is InChI=1S/C13H14BrNO4/c1-3-13(2)11(16)7-12(13)19-10-5-4-8(14)6-9(10)15(17)18/h4-6,12H,3,7H2,1-2H3. The maximum Gasteiger partial charge on any atom is 0.312 e. The fourth-order valence-corrected chi connectivity index (χ4v) is 2.51. The number of nitro groups is 1. The first kappa shape index (κ1) is 14.0. The monoisotopic (exact) mass is 327 g/mol. The lowest BCUT2D eigenvalue weighted by atomic mass is 9.64. The van der Waals surface area contributed by atoms with Crippen molar-refractivity contribution in [1.82, 2.24) is 0 Å². The average molecular weight is 328 g/mol. The maximum atomic E-state index is 11.6. The highest BCUT2D eigenvalue weighted by Crippen LogP contribution is 2.44. The van der Waals surface area contributed by atoms with Gasteiger partial charge in [-0.1, -0.05) is 22.9 Å². The van der Waals surface area contributed by atoms with Crippen molar-refractivity contribution in [3.05, 3.63) is 32.8 Å². The van der Waals surface area contributed by atoms with Crippen LogP contribution in [0.5, 0.6) is 5.75 Å². The van der Waals surface area contributed by atoms with Crippen LogP contribution in [-0.2, 0) is 4.79 Å². The summed E-state index contributed by atoms with van der Waals surface area (Å²) < 4.78 is 6.31. The number of Topliss-reactive ketones (excluding diaryl/α,β-unsaturated/α-hetero) is 1. The van der Waals surface area contributed by atoms with Gasteiger partial charge >= 0.3 is 5.69 Å². The van der Waals surface area contributed by atoms with Crippen LogP contribution in [0.4, 0.5) is 5.69 Å². The zero-order valence-corrected chi connectivity index (χ0v) is 12.3. The smallest absolute Gasteiger partial charge is 0.312 e. The maximum absolute atomic E-state index is 11.6. The molecule has 0 amide bonds. The molecule has 1 aliphatic carbocycles. The fraction of sp³-hybridized carbons (Fsp3) is 0.462. The quantitative estimate of drug-likeness (QED) is 0.627. The molecule has 2 rings (SSSR count). The Morgan fingerprint density at radius 3 is 2.79 bits per heavy atom. The van der Waals surface area contributed by atoms with E-state index < -0.39 is 10.3 Å². The van der Waals surface area contributed by atoms with Crippen LogP contribution < -0.4 is 4.74 Å². The second-order valence-corrected chi connectivity index (χ2v) is 5.79. The van der Waals surface area contributed by atoms with E-state index in [0.29, 0.717) is 17.3 Å². The van der Waals surface area contributed by atoms with Crippen LogP contribution in [0.15, 0.2) is 22.7 Å². The minimum Gasteiger partial charge on any atom is -0.482 e. The molecule has 1 saturated carbocycles. The first-order valence-corrected chi connectivity index (χ1v) is 6.81. The summed E-state index contributed by atoms with van der Waals surface area (Å²) in [6.07, 6.45) is 0.697. The Morgan fingerprint density at radius 2 is 2.26 bits per heavy atom. The summed E-state index contributed by atoms with van der Waals surface area (Å²) in [6, 6.07) is 4.65. The predicted octanol–water partition coefficient (Wildman–Crippen LogP) is 3.49. The van der Waals surface area contributed by atoms with Crippen LogP contribution in [-0.4, -0.2) is 16.8 Å². The molecule has 102 valence electrons. The zero-order chi connectivity index (χ0) is 14.2. The molecule has 1 aliphatic rings. The van der Waals surface area contributed by atoms with Crippen molar-refractivity contribution in [2.75, 3.05) is 0 Å². The molecule has 0 radical (unpaired) electrons. The molecule has 1 fully saturated rings. The van der Waals surface area contributed by atoms with Gasteiger partial charge in [-0.25, -0.2) is 0 Å². The van der Waals surface area contributed by atoms with Crippen molar-refractivity contribution in [2.24, 2.45) is 5.41 Å². The molecular weight excluding hydrogens is 314 g/mol. The lowest BCUT2D eigenvalue weighted by molar-refractivity contribution is -0.386. The first-order chi connectivity index (χ1) is 8.88. The number of halogens is 1. The zero-order valence-electron chi connectivity index (χ0n) is 10.7. The summed E-state index contributed by atoms with van der Waals surface area (Å²) in [5, 5.41) is 11.0. The average Bonchev–Trinajstić information content (AvgIpc) is 2.38. The largest absolute Gasteiger partial charge is 0.482 e. The van der Waals surface area contributed by atoms with Crippen molar-refractivity contribution in [2.45, 2.75) is 32.8 Å². The third-order valence-corrected chi connectivity index (χ3v) is 4.33. The lowest BCUT2D eigenvalue weighted by Crippen LogP contribution is -2.54.